The van der Waals surface area contributed by atoms with Crippen LogP contribution in [0.25, 0.3) is 11.3 Å². The summed E-state index contributed by atoms with van der Waals surface area (Å²) in [7, 11) is -5.40. The molecule has 0 amide bonds. The van der Waals surface area contributed by atoms with E-state index in [9.17, 15) is 16.8 Å². The normalized spacial score (nSPS) is 16.6. The van der Waals surface area contributed by atoms with Crippen molar-refractivity contribution in [2.24, 2.45) is 7.05 Å². The maximum absolute atomic E-state index is 12.9. The van der Waals surface area contributed by atoms with Crippen molar-refractivity contribution in [3.05, 3.63) is 66.1 Å². The summed E-state index contributed by atoms with van der Waals surface area (Å²) in [6.45, 7) is 3.88. The molecule has 1 aliphatic rings. The van der Waals surface area contributed by atoms with Crippen LogP contribution in [0.3, 0.4) is 0 Å². The number of aromatic nitrogens is 5. The van der Waals surface area contributed by atoms with Crippen LogP contribution in [0.5, 0.6) is 11.6 Å². The smallest absolute Gasteiger partial charge is 0.267 e. The second-order valence-electron chi connectivity index (χ2n) is 9.36. The first-order chi connectivity index (χ1) is 18.5. The molecule has 1 unspecified atom stereocenters. The zero-order chi connectivity index (χ0) is 27.8. The van der Waals surface area contributed by atoms with Gasteiger partial charge in [-0.05, 0) is 43.5 Å². The van der Waals surface area contributed by atoms with Crippen molar-refractivity contribution in [3.63, 3.8) is 0 Å². The first-order valence-electron chi connectivity index (χ1n) is 12.1. The van der Waals surface area contributed by atoms with E-state index in [1.165, 1.54) is 23.3 Å². The van der Waals surface area contributed by atoms with Gasteiger partial charge < -0.3 is 10.1 Å². The van der Waals surface area contributed by atoms with Gasteiger partial charge in [-0.1, -0.05) is 18.2 Å². The minimum Gasteiger partial charge on any atom is -0.437 e. The lowest BCUT2D eigenvalue weighted by Crippen LogP contribution is -2.21. The highest BCUT2D eigenvalue weighted by Crippen LogP contribution is 2.31. The molecule has 0 bridgehead atoms. The van der Waals surface area contributed by atoms with Crippen molar-refractivity contribution in [2.75, 3.05) is 21.5 Å². The standard InChI is InChI=1S/C25H27N7O5S2/c1-16-5-4-6-17(2)24(16)21-11-23(30-25(29-21)31-39(35,36)20-13-27-32(3)14-20)37-19-7-8-22(26-12-19)28-18-9-10-38(33,34)15-18/h4-8,11-14,18H,9-10,15H2,1-3H3,(H,26,28)(H,29,30,31). The number of hydrogen-bond acceptors (Lipinski definition) is 10. The number of anilines is 2. The fourth-order valence-corrected chi connectivity index (χ4v) is 6.95. The third-order valence-corrected chi connectivity index (χ3v) is 9.25. The van der Waals surface area contributed by atoms with Crippen LogP contribution >= 0.6 is 0 Å². The van der Waals surface area contributed by atoms with E-state index in [0.717, 1.165) is 16.7 Å². The van der Waals surface area contributed by atoms with Crippen molar-refractivity contribution in [1.82, 2.24) is 24.7 Å². The molecule has 2 N–H and O–H groups in total. The number of sulfone groups is 1. The first kappa shape index (κ1) is 26.6. The van der Waals surface area contributed by atoms with Crippen molar-refractivity contribution in [3.8, 4) is 22.9 Å². The highest BCUT2D eigenvalue weighted by Gasteiger charge is 2.28. The Hall–Kier alpha value is -4.04. The molecule has 3 aromatic heterocycles. The van der Waals surface area contributed by atoms with Crippen LogP contribution in [-0.2, 0) is 26.9 Å². The number of pyridine rings is 1. The van der Waals surface area contributed by atoms with Gasteiger partial charge in [0.15, 0.2) is 9.84 Å². The minimum absolute atomic E-state index is 0.0316. The van der Waals surface area contributed by atoms with Gasteiger partial charge in [-0.15, -0.1) is 0 Å². The molecular formula is C25H27N7O5S2. The van der Waals surface area contributed by atoms with Crippen LogP contribution in [0.4, 0.5) is 11.8 Å². The number of benzene rings is 1. The van der Waals surface area contributed by atoms with Crippen molar-refractivity contribution in [2.45, 2.75) is 31.2 Å². The van der Waals surface area contributed by atoms with Gasteiger partial charge in [0.25, 0.3) is 10.0 Å². The first-order valence-corrected chi connectivity index (χ1v) is 15.4. The quantitative estimate of drug-likeness (QED) is 0.323. The Kier molecular flexibility index (Phi) is 6.99. The fourth-order valence-electron chi connectivity index (χ4n) is 4.35. The van der Waals surface area contributed by atoms with E-state index in [-0.39, 0.29) is 34.3 Å². The summed E-state index contributed by atoms with van der Waals surface area (Å²) in [6.07, 6.45) is 4.61. The molecule has 1 atom stereocenters. The summed E-state index contributed by atoms with van der Waals surface area (Å²) in [5.41, 5.74) is 3.21. The minimum atomic E-state index is -4.00. The highest BCUT2D eigenvalue weighted by molar-refractivity contribution is 7.92. The molecule has 1 fully saturated rings. The molecule has 0 radical (unpaired) electrons. The molecule has 1 aliphatic heterocycles. The molecule has 0 spiro atoms. The predicted octanol–water partition coefficient (Wildman–Crippen LogP) is 3.08. The summed E-state index contributed by atoms with van der Waals surface area (Å²) in [5.74, 6) is 1.06. The Balaban J connectivity index is 1.44. The number of hydrogen-bond donors (Lipinski definition) is 2. The second kappa shape index (κ2) is 10.3. The Morgan fingerprint density at radius 3 is 2.46 bits per heavy atom. The fraction of sp³-hybridized carbons (Fsp3) is 0.280. The molecule has 14 heteroatoms. The summed E-state index contributed by atoms with van der Waals surface area (Å²) in [4.78, 5) is 13.1. The molecule has 4 aromatic rings. The largest absolute Gasteiger partial charge is 0.437 e. The van der Waals surface area contributed by atoms with E-state index in [4.69, 9.17) is 4.74 Å². The molecule has 1 aromatic carbocycles. The Labute approximate surface area is 226 Å². The zero-order valence-electron chi connectivity index (χ0n) is 21.5. The van der Waals surface area contributed by atoms with Crippen LogP contribution < -0.4 is 14.8 Å². The van der Waals surface area contributed by atoms with Gasteiger partial charge in [0.2, 0.25) is 11.8 Å². The lowest BCUT2D eigenvalue weighted by molar-refractivity contribution is 0.461. The molecule has 1 saturated heterocycles. The number of nitrogens with zero attached hydrogens (tertiary/aromatic N) is 5. The van der Waals surface area contributed by atoms with E-state index in [0.29, 0.717) is 23.7 Å². The van der Waals surface area contributed by atoms with E-state index < -0.39 is 19.9 Å². The maximum atomic E-state index is 12.9. The summed E-state index contributed by atoms with van der Waals surface area (Å²) >= 11 is 0. The van der Waals surface area contributed by atoms with E-state index >= 15 is 0 Å². The third kappa shape index (κ3) is 6.17. The topological polar surface area (TPSA) is 158 Å². The average Bonchev–Trinajstić information content (AvgIpc) is 3.45. The maximum Gasteiger partial charge on any atom is 0.267 e. The zero-order valence-corrected chi connectivity index (χ0v) is 23.1. The second-order valence-corrected chi connectivity index (χ2v) is 13.3. The van der Waals surface area contributed by atoms with E-state index in [1.807, 2.05) is 32.0 Å². The van der Waals surface area contributed by atoms with Crippen molar-refractivity contribution in [1.29, 1.82) is 0 Å². The van der Waals surface area contributed by atoms with Gasteiger partial charge >= 0.3 is 0 Å². The molecule has 0 saturated carbocycles. The molecule has 12 nitrogen and oxygen atoms in total. The Bertz CT molecular complexity index is 1720. The molecule has 5 rings (SSSR count). The number of aryl methyl sites for hydroxylation is 3. The molecule has 204 valence electrons. The van der Waals surface area contributed by atoms with E-state index in [2.05, 4.69) is 30.1 Å². The van der Waals surface area contributed by atoms with Crippen molar-refractivity contribution >= 4 is 31.6 Å². The summed E-state index contributed by atoms with van der Waals surface area (Å²) in [6, 6.07) is 10.6. The van der Waals surface area contributed by atoms with Crippen LogP contribution in [-0.4, -0.2) is 59.1 Å². The summed E-state index contributed by atoms with van der Waals surface area (Å²) in [5, 5.41) is 7.05. The lowest BCUT2D eigenvalue weighted by Gasteiger charge is -2.14. The highest BCUT2D eigenvalue weighted by atomic mass is 32.2. The molecular weight excluding hydrogens is 542 g/mol. The van der Waals surface area contributed by atoms with Crippen molar-refractivity contribution < 1.29 is 21.6 Å². The third-order valence-electron chi connectivity index (χ3n) is 6.20. The number of rotatable bonds is 8. The van der Waals surface area contributed by atoms with E-state index in [1.54, 1.807) is 25.2 Å². The van der Waals surface area contributed by atoms with Gasteiger partial charge in [0, 0.05) is 30.9 Å². The average molecular weight is 570 g/mol. The number of ether oxygens (including phenoxy) is 1. The summed E-state index contributed by atoms with van der Waals surface area (Å²) < 4.78 is 59.1. The van der Waals surface area contributed by atoms with Crippen LogP contribution in [0.15, 0.2) is 59.9 Å². The van der Waals surface area contributed by atoms with Gasteiger partial charge in [-0.25, -0.2) is 31.5 Å². The SMILES string of the molecule is Cc1cccc(C)c1-c1cc(Oc2ccc(NC3CCS(=O)(=O)C3)nc2)nc(NS(=O)(=O)c2cnn(C)c2)n1. The Morgan fingerprint density at radius 2 is 1.85 bits per heavy atom. The molecule has 0 aliphatic carbocycles. The van der Waals surface area contributed by atoms with Crippen LogP contribution in [0.1, 0.15) is 17.5 Å². The molecule has 4 heterocycles. The predicted molar refractivity (Wildman–Crippen MR) is 146 cm³/mol. The van der Waals surface area contributed by atoms with Gasteiger partial charge in [0.05, 0.1) is 29.6 Å². The molecule has 39 heavy (non-hydrogen) atoms. The number of sulfonamides is 1. The van der Waals surface area contributed by atoms with Crippen LogP contribution in [0.2, 0.25) is 0 Å². The lowest BCUT2D eigenvalue weighted by atomic mass is 10.00. The van der Waals surface area contributed by atoms with Crippen LogP contribution in [0, 0.1) is 13.8 Å². The Morgan fingerprint density at radius 1 is 1.08 bits per heavy atom. The van der Waals surface area contributed by atoms with Gasteiger partial charge in [-0.3, -0.25) is 4.68 Å². The monoisotopic (exact) mass is 569 g/mol. The number of nitrogens with one attached hydrogen (secondary N) is 2. The van der Waals surface area contributed by atoms with Gasteiger partial charge in [-0.2, -0.15) is 10.1 Å². The van der Waals surface area contributed by atoms with Gasteiger partial charge in [0.1, 0.15) is 16.5 Å².